The van der Waals surface area contributed by atoms with Gasteiger partial charge in [-0.1, -0.05) is 31.2 Å². The predicted molar refractivity (Wildman–Crippen MR) is 273 cm³/mol. The molecule has 17 N–H and O–H groups in total. The van der Waals surface area contributed by atoms with Crippen LogP contribution < -0.4 is 42.6 Å². The number of rotatable bonds is 14. The molecule has 2 aromatic rings. The number of aromatic hydroxyl groups is 1. The van der Waals surface area contributed by atoms with E-state index in [1.54, 1.807) is 13.0 Å². The molecule has 0 saturated carbocycles. The number of phenols is 1. The number of ether oxygens (including phenoxy) is 3. The monoisotopic (exact) mass is 1060 g/mol. The quantitative estimate of drug-likeness (QED) is 0.0293. The van der Waals surface area contributed by atoms with Crippen molar-refractivity contribution in [3.63, 3.8) is 0 Å². The zero-order valence-corrected chi connectivity index (χ0v) is 42.5. The summed E-state index contributed by atoms with van der Waals surface area (Å²) < 4.78 is 17.8. The Balaban J connectivity index is 1.10. The third-order valence-corrected chi connectivity index (χ3v) is 17.0. The van der Waals surface area contributed by atoms with E-state index in [0.717, 1.165) is 22.6 Å². The predicted octanol–water partition coefficient (Wildman–Crippen LogP) is -1.31. The number of methoxy groups -OCH3 is 1. The van der Waals surface area contributed by atoms with Gasteiger partial charge in [0.25, 0.3) is 17.6 Å². The number of phenolic OH excluding ortho intramolecular Hbond substituents is 1. The number of fused-ring (bicyclic) bond motifs is 3. The molecule has 1 saturated heterocycles. The second-order valence-electron chi connectivity index (χ2n) is 20.8. The third-order valence-electron chi connectivity index (χ3n) is 17.0. The Morgan fingerprint density at radius 3 is 2.39 bits per heavy atom. The highest BCUT2D eigenvalue weighted by atomic mass is 16.8. The van der Waals surface area contributed by atoms with E-state index >= 15 is 9.59 Å². The van der Waals surface area contributed by atoms with Crippen LogP contribution in [-0.2, 0) is 27.2 Å². The van der Waals surface area contributed by atoms with E-state index in [0.29, 0.717) is 41.5 Å². The first-order valence-corrected chi connectivity index (χ1v) is 25.6. The average Bonchev–Trinajstić information content (AvgIpc) is 3.92. The highest BCUT2D eigenvalue weighted by molar-refractivity contribution is 6.32. The fourth-order valence-electron chi connectivity index (χ4n) is 13.5. The van der Waals surface area contributed by atoms with Crippen LogP contribution in [0.15, 0.2) is 82.8 Å². The molecule has 0 bridgehead atoms. The molecule has 0 radical (unpaired) electrons. The van der Waals surface area contributed by atoms with E-state index in [2.05, 4.69) is 33.1 Å². The summed E-state index contributed by atoms with van der Waals surface area (Å²) >= 11 is 0. The van der Waals surface area contributed by atoms with E-state index in [1.165, 1.54) is 26.3 Å². The molecular formula is C54H64N8O15. The van der Waals surface area contributed by atoms with Gasteiger partial charge in [-0.05, 0) is 84.8 Å². The molecule has 410 valence electrons. The molecule has 1 unspecified atom stereocenters. The van der Waals surface area contributed by atoms with Crippen LogP contribution in [0.4, 0.5) is 0 Å². The summed E-state index contributed by atoms with van der Waals surface area (Å²) in [6.45, 7) is 1.24. The number of guanidine groups is 1. The molecule has 4 heterocycles. The lowest BCUT2D eigenvalue weighted by Crippen LogP contribution is -2.77. The van der Waals surface area contributed by atoms with Gasteiger partial charge in [0.15, 0.2) is 17.3 Å². The highest BCUT2D eigenvalue weighted by Crippen LogP contribution is 2.67. The van der Waals surface area contributed by atoms with Gasteiger partial charge in [0.1, 0.15) is 29.5 Å². The zero-order valence-electron chi connectivity index (χ0n) is 42.5. The van der Waals surface area contributed by atoms with Crippen LogP contribution in [0, 0.1) is 23.2 Å². The van der Waals surface area contributed by atoms with Crippen molar-refractivity contribution in [1.29, 1.82) is 0 Å². The molecule has 12 atom stereocenters. The van der Waals surface area contributed by atoms with Crippen LogP contribution in [0.5, 0.6) is 17.2 Å². The molecule has 8 aliphatic rings. The van der Waals surface area contributed by atoms with Crippen molar-refractivity contribution >= 4 is 29.3 Å². The molecule has 23 heteroatoms. The van der Waals surface area contributed by atoms with Gasteiger partial charge in [-0.15, -0.1) is 0 Å². The van der Waals surface area contributed by atoms with Crippen LogP contribution in [0.3, 0.4) is 0 Å². The largest absolute Gasteiger partial charge is 0.507 e. The number of nitrogens with two attached hydrogens (primary N) is 3. The maximum atomic E-state index is 15.9. The number of allylic oxidation sites excluding steroid dienone is 5. The Morgan fingerprint density at radius 2 is 1.75 bits per heavy atom. The molecule has 77 heavy (non-hydrogen) atoms. The third kappa shape index (κ3) is 8.17. The lowest BCUT2D eigenvalue weighted by molar-refractivity contribution is -0.456. The summed E-state index contributed by atoms with van der Waals surface area (Å²) in [7, 11) is 2.80. The number of aliphatic hydroxyl groups is 7. The van der Waals surface area contributed by atoms with Crippen molar-refractivity contribution in [3.8, 4) is 17.2 Å². The topological polar surface area (TPSA) is 388 Å². The summed E-state index contributed by atoms with van der Waals surface area (Å²) in [5.41, 5.74) is 16.5. The minimum absolute atomic E-state index is 0.0204. The fraction of sp³-hybridized carbons (Fsp3) is 0.463. The second-order valence-corrected chi connectivity index (χ2v) is 20.8. The van der Waals surface area contributed by atoms with Crippen molar-refractivity contribution in [2.45, 2.75) is 99.8 Å². The van der Waals surface area contributed by atoms with Gasteiger partial charge >= 0.3 is 0 Å². The number of hydrogen-bond donors (Lipinski definition) is 14. The van der Waals surface area contributed by atoms with Gasteiger partial charge < -0.3 is 88.2 Å². The average molecular weight is 1070 g/mol. The lowest BCUT2D eigenvalue weighted by Gasteiger charge is -2.54. The Hall–Kier alpha value is -6.93. The minimum atomic E-state index is -3.65. The summed E-state index contributed by atoms with van der Waals surface area (Å²) in [4.78, 5) is 62.1. The van der Waals surface area contributed by atoms with Crippen LogP contribution in [0.2, 0.25) is 0 Å². The first-order chi connectivity index (χ1) is 36.7. The molecule has 2 aromatic carbocycles. The highest BCUT2D eigenvalue weighted by Gasteiger charge is 2.68. The number of benzene rings is 2. The molecule has 0 aromatic heterocycles. The Kier molecular flexibility index (Phi) is 13.8. The summed E-state index contributed by atoms with van der Waals surface area (Å²) in [6, 6.07) is 0.459. The number of aliphatic imine (C=N–C) groups is 1. The zero-order chi connectivity index (χ0) is 55.2. The Morgan fingerprint density at radius 1 is 1.03 bits per heavy atom. The van der Waals surface area contributed by atoms with Gasteiger partial charge in [0.05, 0.1) is 36.3 Å². The fourth-order valence-corrected chi connectivity index (χ4v) is 13.5. The molecule has 23 nitrogen and oxygen atoms in total. The Labute approximate surface area is 441 Å². The molecular weight excluding hydrogens is 1000 g/mol. The molecule has 10 rings (SSSR count). The standard InChI is InChI=1S/C54H64N8O15/c1-4-28-31(75-3)19-32(76-49-47(69)48(70)53(73,54(74,77-49)50(71)72)20-25(23-12-15-59-34(56)18-23)22-62-35(64)9-10-36(62)65)41-38(28)44(66)39-29-7-5-26(13-16-63)52(27-6-8-33(55)60-21-27)14-11-24-17-30(61-51(57)58-2)40(37(29)43(24)52)45(67)42(39)46(41)68/h6,8-12,14,18-19,21,24-26,30,33,43,47-50,59-60,63,67,69-74H,4-5,7,13,15-17,20,22,55-56H2,1-3H3,(H3,57,58,61)/t24-,25+,26-,30-,33?,43-,47+,48+,49+,52-,53-,54+/m0/s1. The number of carbonyl (C=O) groups is 4. The van der Waals surface area contributed by atoms with Crippen molar-refractivity contribution < 1.29 is 74.2 Å². The smallest absolute Gasteiger partial charge is 0.253 e. The first-order valence-electron chi connectivity index (χ1n) is 25.6. The normalized spacial score (nSPS) is 32.4. The van der Waals surface area contributed by atoms with E-state index in [9.17, 15) is 50.4 Å². The van der Waals surface area contributed by atoms with Gasteiger partial charge in [-0.2, -0.15) is 0 Å². The van der Waals surface area contributed by atoms with Gasteiger partial charge in [0.2, 0.25) is 18.4 Å². The number of imide groups is 1. The number of hydrogen-bond acceptors (Lipinski definition) is 20. The van der Waals surface area contributed by atoms with Crippen molar-refractivity contribution in [3.05, 3.63) is 122 Å². The number of nitrogens with zero attached hydrogens (tertiary/aromatic N) is 2. The maximum Gasteiger partial charge on any atom is 0.253 e. The van der Waals surface area contributed by atoms with E-state index in [1.807, 2.05) is 18.4 Å². The van der Waals surface area contributed by atoms with E-state index in [4.69, 9.17) is 31.4 Å². The number of nitrogens with one attached hydrogen (secondary N) is 3. The number of dihydropyridines is 2. The van der Waals surface area contributed by atoms with Crippen LogP contribution in [-0.4, -0.2) is 151 Å². The van der Waals surface area contributed by atoms with Crippen molar-refractivity contribution in [2.24, 2.45) is 45.4 Å². The molecule has 4 aliphatic carbocycles. The number of aliphatic hydroxyl groups excluding tert-OH is 4. The van der Waals surface area contributed by atoms with E-state index < -0.39 is 119 Å². The number of ketones is 2. The van der Waals surface area contributed by atoms with Gasteiger partial charge in [-0.3, -0.25) is 29.1 Å². The molecule has 2 amide bonds. The van der Waals surface area contributed by atoms with E-state index in [-0.39, 0.29) is 77.6 Å². The molecule has 0 spiro atoms. The number of amides is 2. The van der Waals surface area contributed by atoms with Gasteiger partial charge in [0, 0.05) is 90.7 Å². The lowest BCUT2D eigenvalue weighted by atomic mass is 9.56. The first kappa shape index (κ1) is 53.5. The maximum absolute atomic E-state index is 15.9. The SMILES string of the molecule is CCc1c(OC)cc(O[C@@H]2O[C@](O)(C(O)O)[C@](O)(C[C@H](CN3C(=O)C=CC3=O)C3=CCNC(N)=C3)[C@H](O)[C@H]2O)c2c1C(=O)c1c3c4c(c(O)c1C2=O)[C@@H](NC(N)=NC)C[C@@H]1C=C[C@@](C2=CNC(N)C=C2)([C@H](CCO)CC3)[C@H]41. The second kappa shape index (κ2) is 19.8. The van der Waals surface area contributed by atoms with Crippen LogP contribution in [0.1, 0.15) is 98.7 Å². The van der Waals surface area contributed by atoms with Crippen molar-refractivity contribution in [2.75, 3.05) is 33.9 Å². The number of carbonyl (C=O) groups excluding carboxylic acids is 4. The Bertz CT molecular complexity index is 3060. The summed E-state index contributed by atoms with van der Waals surface area (Å²) in [5.74, 6) is -9.59. The summed E-state index contributed by atoms with van der Waals surface area (Å²) in [5, 5.41) is 103. The minimum Gasteiger partial charge on any atom is -0.507 e. The van der Waals surface area contributed by atoms with Gasteiger partial charge in [-0.25, -0.2) is 0 Å². The summed E-state index contributed by atoms with van der Waals surface area (Å²) in [6.07, 6.45) is 4.72. The molecule has 1 fully saturated rings. The van der Waals surface area contributed by atoms with Crippen molar-refractivity contribution in [1.82, 2.24) is 20.9 Å². The van der Waals surface area contributed by atoms with Crippen LogP contribution in [0.25, 0.3) is 0 Å². The van der Waals surface area contributed by atoms with Crippen LogP contribution >= 0.6 is 0 Å². The molecule has 4 aliphatic heterocycles.